The SMILES string of the molecule is CCCCCCCCCCCC[Si+](C)C. The second kappa shape index (κ2) is 12.3. The maximum absolute atomic E-state index is 2.43. The first kappa shape index (κ1) is 15.2. The van der Waals surface area contributed by atoms with Crippen LogP contribution < -0.4 is 0 Å². The zero-order valence-corrected chi connectivity index (χ0v) is 12.3. The van der Waals surface area contributed by atoms with E-state index < -0.39 is 0 Å². The van der Waals surface area contributed by atoms with E-state index in [2.05, 4.69) is 20.0 Å². The Balaban J connectivity index is 2.87. The van der Waals surface area contributed by atoms with E-state index in [1.54, 1.807) is 0 Å². The lowest BCUT2D eigenvalue weighted by Crippen LogP contribution is -1.97. The van der Waals surface area contributed by atoms with Crippen molar-refractivity contribution < 1.29 is 0 Å². The Morgan fingerprint density at radius 3 is 1.40 bits per heavy atom. The molecule has 0 aromatic carbocycles. The molecule has 0 heterocycles. The van der Waals surface area contributed by atoms with Crippen molar-refractivity contribution in [3.05, 3.63) is 0 Å². The summed E-state index contributed by atoms with van der Waals surface area (Å²) < 4.78 is 0. The fraction of sp³-hybridized carbons (Fsp3) is 1.00. The van der Waals surface area contributed by atoms with E-state index in [1.807, 2.05) is 0 Å². The van der Waals surface area contributed by atoms with Gasteiger partial charge in [-0.2, -0.15) is 0 Å². The number of hydrogen-bond acceptors (Lipinski definition) is 0. The van der Waals surface area contributed by atoms with Crippen molar-refractivity contribution >= 4 is 8.80 Å². The van der Waals surface area contributed by atoms with Crippen molar-refractivity contribution in [3.63, 3.8) is 0 Å². The molecule has 0 atom stereocenters. The third kappa shape index (κ3) is 14.2. The first-order valence-corrected chi connectivity index (χ1v) is 9.77. The van der Waals surface area contributed by atoms with E-state index in [1.165, 1.54) is 70.3 Å². The van der Waals surface area contributed by atoms with Gasteiger partial charge in [-0.3, -0.25) is 0 Å². The summed E-state index contributed by atoms with van der Waals surface area (Å²) >= 11 is 0. The minimum Gasteiger partial charge on any atom is -0.0654 e. The molecule has 0 amide bonds. The molecule has 0 N–H and O–H groups in total. The molecule has 0 aromatic heterocycles. The molecule has 0 aromatic rings. The Hall–Kier alpha value is 0.217. The third-order valence-corrected chi connectivity index (χ3v) is 4.38. The third-order valence-electron chi connectivity index (χ3n) is 3.03. The molecule has 0 spiro atoms. The van der Waals surface area contributed by atoms with Gasteiger partial charge in [-0.25, -0.2) is 0 Å². The molecule has 0 nitrogen and oxygen atoms in total. The fourth-order valence-electron chi connectivity index (χ4n) is 1.97. The molecule has 0 aliphatic heterocycles. The zero-order chi connectivity index (χ0) is 11.4. The van der Waals surface area contributed by atoms with Crippen LogP contribution in [0.25, 0.3) is 0 Å². The minimum absolute atomic E-state index is 0.0582. The van der Waals surface area contributed by atoms with Crippen LogP contribution in [-0.4, -0.2) is 8.80 Å². The highest BCUT2D eigenvalue weighted by Crippen LogP contribution is 2.11. The van der Waals surface area contributed by atoms with Gasteiger partial charge >= 0.3 is 8.80 Å². The van der Waals surface area contributed by atoms with Crippen molar-refractivity contribution in [1.29, 1.82) is 0 Å². The summed E-state index contributed by atoms with van der Waals surface area (Å²) in [5.41, 5.74) is 0. The van der Waals surface area contributed by atoms with Gasteiger partial charge in [-0.15, -0.1) is 0 Å². The average Bonchev–Trinajstić information content (AvgIpc) is 2.20. The molecule has 0 saturated carbocycles. The molecule has 0 fully saturated rings. The van der Waals surface area contributed by atoms with E-state index >= 15 is 0 Å². The van der Waals surface area contributed by atoms with E-state index in [9.17, 15) is 0 Å². The molecule has 0 saturated heterocycles. The van der Waals surface area contributed by atoms with E-state index in [0.29, 0.717) is 0 Å². The zero-order valence-electron chi connectivity index (χ0n) is 11.3. The van der Waals surface area contributed by atoms with E-state index in [-0.39, 0.29) is 8.80 Å². The molecular formula is C14H31Si+. The average molecular weight is 227 g/mol. The predicted molar refractivity (Wildman–Crippen MR) is 74.1 cm³/mol. The lowest BCUT2D eigenvalue weighted by molar-refractivity contribution is 0.562. The quantitative estimate of drug-likeness (QED) is 0.315. The maximum atomic E-state index is 2.43. The highest BCUT2D eigenvalue weighted by Gasteiger charge is 2.08. The van der Waals surface area contributed by atoms with E-state index in [4.69, 9.17) is 0 Å². The van der Waals surface area contributed by atoms with Crippen molar-refractivity contribution in [1.82, 2.24) is 0 Å². The van der Waals surface area contributed by atoms with Gasteiger partial charge in [-0.05, 0) is 6.42 Å². The van der Waals surface area contributed by atoms with Crippen LogP contribution in [0.2, 0.25) is 19.1 Å². The normalized spacial score (nSPS) is 10.6. The van der Waals surface area contributed by atoms with Gasteiger partial charge < -0.3 is 0 Å². The van der Waals surface area contributed by atoms with Crippen molar-refractivity contribution in [2.24, 2.45) is 0 Å². The van der Waals surface area contributed by atoms with Gasteiger partial charge in [0.25, 0.3) is 0 Å². The van der Waals surface area contributed by atoms with Crippen LogP contribution >= 0.6 is 0 Å². The highest BCUT2D eigenvalue weighted by atomic mass is 28.3. The van der Waals surface area contributed by atoms with Crippen LogP contribution in [0, 0.1) is 0 Å². The predicted octanol–water partition coefficient (Wildman–Crippen LogP) is 5.66. The van der Waals surface area contributed by atoms with Crippen LogP contribution in [-0.2, 0) is 0 Å². The Bertz CT molecular complexity index is 110. The summed E-state index contributed by atoms with van der Waals surface area (Å²) in [6.45, 7) is 7.15. The molecule has 0 rings (SSSR count). The van der Waals surface area contributed by atoms with Gasteiger partial charge in [-0.1, -0.05) is 64.7 Å². The van der Waals surface area contributed by atoms with Crippen LogP contribution in [0.4, 0.5) is 0 Å². The lowest BCUT2D eigenvalue weighted by atomic mass is 10.1. The number of hydrogen-bond donors (Lipinski definition) is 0. The number of rotatable bonds is 11. The Kier molecular flexibility index (Phi) is 12.5. The Labute approximate surface area is 99.5 Å². The summed E-state index contributed by atoms with van der Waals surface area (Å²) in [4.78, 5) is 0. The van der Waals surface area contributed by atoms with Crippen LogP contribution in [0.1, 0.15) is 71.1 Å². The summed E-state index contributed by atoms with van der Waals surface area (Å²) in [6, 6.07) is 1.53. The summed E-state index contributed by atoms with van der Waals surface area (Å²) in [6.07, 6.45) is 14.7. The molecule has 90 valence electrons. The second-order valence-corrected chi connectivity index (χ2v) is 8.05. The molecule has 0 bridgehead atoms. The smallest absolute Gasteiger partial charge is 0.0654 e. The molecule has 0 aliphatic rings. The molecule has 15 heavy (non-hydrogen) atoms. The summed E-state index contributed by atoms with van der Waals surface area (Å²) in [5, 5.41) is 0. The Morgan fingerprint density at radius 2 is 1.00 bits per heavy atom. The monoisotopic (exact) mass is 227 g/mol. The van der Waals surface area contributed by atoms with Crippen LogP contribution in [0.15, 0.2) is 0 Å². The largest absolute Gasteiger partial charge is 0.307 e. The first-order valence-electron chi connectivity index (χ1n) is 7.06. The molecule has 0 radical (unpaired) electrons. The standard InChI is InChI=1S/C14H31Si/c1-4-5-6-7-8-9-10-11-12-13-14-15(2)3/h4-14H2,1-3H3/q+1. The Morgan fingerprint density at radius 1 is 0.600 bits per heavy atom. The molecule has 1 heteroatoms. The minimum atomic E-state index is 0.0582. The van der Waals surface area contributed by atoms with Gasteiger partial charge in [0.1, 0.15) is 0 Å². The summed E-state index contributed by atoms with van der Waals surface area (Å²) in [5.74, 6) is 0. The second-order valence-electron chi connectivity index (χ2n) is 5.14. The topological polar surface area (TPSA) is 0 Å². The van der Waals surface area contributed by atoms with Crippen molar-refractivity contribution in [2.45, 2.75) is 90.3 Å². The van der Waals surface area contributed by atoms with Crippen molar-refractivity contribution in [2.75, 3.05) is 0 Å². The van der Waals surface area contributed by atoms with E-state index in [0.717, 1.165) is 0 Å². The first-order chi connectivity index (χ1) is 7.27. The summed E-state index contributed by atoms with van der Waals surface area (Å²) in [7, 11) is 0.0582. The maximum Gasteiger partial charge on any atom is 0.307 e. The van der Waals surface area contributed by atoms with Crippen LogP contribution in [0.3, 0.4) is 0 Å². The molecular weight excluding hydrogens is 196 g/mol. The van der Waals surface area contributed by atoms with Crippen molar-refractivity contribution in [3.8, 4) is 0 Å². The fourth-order valence-corrected chi connectivity index (χ4v) is 2.92. The molecule has 0 aliphatic carbocycles. The van der Waals surface area contributed by atoms with Gasteiger partial charge in [0.15, 0.2) is 0 Å². The van der Waals surface area contributed by atoms with Crippen LogP contribution in [0.5, 0.6) is 0 Å². The van der Waals surface area contributed by atoms with Gasteiger partial charge in [0, 0.05) is 0 Å². The lowest BCUT2D eigenvalue weighted by Gasteiger charge is -2.00. The van der Waals surface area contributed by atoms with Gasteiger partial charge in [0.2, 0.25) is 0 Å². The highest BCUT2D eigenvalue weighted by molar-refractivity contribution is 6.55. The molecule has 0 unspecified atom stereocenters. The number of unbranched alkanes of at least 4 members (excludes halogenated alkanes) is 9. The van der Waals surface area contributed by atoms with Gasteiger partial charge in [0.05, 0.1) is 19.1 Å².